The Kier molecular flexibility index (Phi) is 5.83. The maximum absolute atomic E-state index is 12.6. The van der Waals surface area contributed by atoms with Crippen molar-refractivity contribution in [3.8, 4) is 5.75 Å². The second-order valence-corrected chi connectivity index (χ2v) is 6.62. The number of rotatable bonds is 3. The highest BCUT2D eigenvalue weighted by Gasteiger charge is 2.30. The summed E-state index contributed by atoms with van der Waals surface area (Å²) in [5.41, 5.74) is -0.490. The average molecular weight is 487 g/mol. The molecule has 0 saturated carbocycles. The minimum atomic E-state index is -4.46. The molecule has 1 amide bonds. The van der Waals surface area contributed by atoms with Gasteiger partial charge in [0.1, 0.15) is 5.75 Å². The number of methoxy groups -OCH3 is 1. The van der Waals surface area contributed by atoms with Crippen molar-refractivity contribution in [2.24, 2.45) is 0 Å². The van der Waals surface area contributed by atoms with E-state index < -0.39 is 17.6 Å². The lowest BCUT2D eigenvalue weighted by molar-refractivity contribution is -0.137. The summed E-state index contributed by atoms with van der Waals surface area (Å²) < 4.78 is 43.8. The van der Waals surface area contributed by atoms with Crippen molar-refractivity contribution in [3.63, 3.8) is 0 Å². The van der Waals surface area contributed by atoms with Crippen LogP contribution in [0.1, 0.15) is 15.9 Å². The van der Waals surface area contributed by atoms with Gasteiger partial charge >= 0.3 is 6.18 Å². The normalized spacial score (nSPS) is 11.3. The molecule has 2 aromatic carbocycles. The lowest BCUT2D eigenvalue weighted by Crippen LogP contribution is -2.14. The van der Waals surface area contributed by atoms with Gasteiger partial charge in [-0.25, -0.2) is 0 Å². The smallest absolute Gasteiger partial charge is 0.416 e. The first kappa shape index (κ1) is 19.1. The number of hydrogen-bond acceptors (Lipinski definition) is 2. The molecule has 0 aromatic heterocycles. The molecule has 1 N–H and O–H groups in total. The molecule has 0 atom stereocenters. The standard InChI is InChI=1S/C15H9Br2ClF3NO2/c1-24-10-6-9(16)12(18)11(17)13(10)22-14(23)7-2-4-8(5-3-7)15(19,20)21/h2-6H,1H3,(H,22,23). The van der Waals surface area contributed by atoms with Crippen LogP contribution in [0.2, 0.25) is 5.02 Å². The van der Waals surface area contributed by atoms with Crippen molar-refractivity contribution in [1.29, 1.82) is 0 Å². The van der Waals surface area contributed by atoms with Crippen molar-refractivity contribution in [2.75, 3.05) is 12.4 Å². The summed E-state index contributed by atoms with van der Waals surface area (Å²) in [5, 5.41) is 2.89. The minimum absolute atomic E-state index is 0.0657. The zero-order chi connectivity index (χ0) is 18.1. The van der Waals surface area contributed by atoms with Gasteiger partial charge in [0.25, 0.3) is 5.91 Å². The summed E-state index contributed by atoms with van der Waals surface area (Å²) in [6.45, 7) is 0. The van der Waals surface area contributed by atoms with Gasteiger partial charge in [0.2, 0.25) is 0 Å². The number of halogens is 6. The van der Waals surface area contributed by atoms with E-state index in [1.54, 1.807) is 6.07 Å². The van der Waals surface area contributed by atoms with Gasteiger partial charge in [-0.15, -0.1) is 0 Å². The summed E-state index contributed by atoms with van der Waals surface area (Å²) >= 11 is 12.6. The molecule has 24 heavy (non-hydrogen) atoms. The zero-order valence-electron chi connectivity index (χ0n) is 12.0. The van der Waals surface area contributed by atoms with E-state index in [0.717, 1.165) is 24.3 Å². The number of alkyl halides is 3. The number of amides is 1. The molecule has 0 saturated heterocycles. The summed E-state index contributed by atoms with van der Waals surface area (Å²) in [4.78, 5) is 12.3. The first-order chi connectivity index (χ1) is 11.1. The molecule has 2 aromatic rings. The molecule has 0 spiro atoms. The van der Waals surface area contributed by atoms with E-state index in [-0.39, 0.29) is 11.3 Å². The van der Waals surface area contributed by atoms with Gasteiger partial charge in [0, 0.05) is 10.0 Å². The second kappa shape index (κ2) is 7.33. The van der Waals surface area contributed by atoms with Gasteiger partial charge in [0.15, 0.2) is 0 Å². The van der Waals surface area contributed by atoms with Crippen LogP contribution in [0.4, 0.5) is 18.9 Å². The first-order valence-corrected chi connectivity index (χ1v) is 8.31. The second-order valence-electron chi connectivity index (χ2n) is 4.59. The molecule has 0 bridgehead atoms. The Bertz CT molecular complexity index is 780. The fraction of sp³-hybridized carbons (Fsp3) is 0.133. The molecule has 2 rings (SSSR count). The van der Waals surface area contributed by atoms with Crippen LogP contribution in [0, 0.1) is 0 Å². The molecule has 128 valence electrons. The largest absolute Gasteiger partial charge is 0.494 e. The van der Waals surface area contributed by atoms with Gasteiger partial charge in [-0.2, -0.15) is 13.2 Å². The van der Waals surface area contributed by atoms with Gasteiger partial charge in [0.05, 0.1) is 27.9 Å². The number of ether oxygens (including phenoxy) is 1. The highest BCUT2D eigenvalue weighted by molar-refractivity contribution is 9.11. The highest BCUT2D eigenvalue weighted by atomic mass is 79.9. The number of benzene rings is 2. The molecule has 0 aliphatic heterocycles. The van der Waals surface area contributed by atoms with Gasteiger partial charge < -0.3 is 10.1 Å². The van der Waals surface area contributed by atoms with E-state index in [2.05, 4.69) is 37.2 Å². The molecule has 0 radical (unpaired) electrons. The van der Waals surface area contributed by atoms with Crippen molar-refractivity contribution in [3.05, 3.63) is 55.4 Å². The Morgan fingerprint density at radius 2 is 1.79 bits per heavy atom. The summed E-state index contributed by atoms with van der Waals surface area (Å²) in [5.74, 6) is -0.264. The number of anilines is 1. The number of carbonyl (C=O) groups excluding carboxylic acids is 1. The van der Waals surface area contributed by atoms with Crippen molar-refractivity contribution >= 4 is 55.1 Å². The van der Waals surface area contributed by atoms with Crippen LogP contribution in [-0.2, 0) is 6.18 Å². The van der Waals surface area contributed by atoms with E-state index >= 15 is 0 Å². The minimum Gasteiger partial charge on any atom is -0.494 e. The van der Waals surface area contributed by atoms with Crippen LogP contribution in [0.5, 0.6) is 5.75 Å². The predicted octanol–water partition coefficient (Wildman–Crippen LogP) is 6.14. The highest BCUT2D eigenvalue weighted by Crippen LogP contribution is 2.43. The lowest BCUT2D eigenvalue weighted by Gasteiger charge is -2.15. The fourth-order valence-electron chi connectivity index (χ4n) is 1.85. The molecule has 3 nitrogen and oxygen atoms in total. The monoisotopic (exact) mass is 485 g/mol. The van der Waals surface area contributed by atoms with Gasteiger partial charge in [-0.1, -0.05) is 11.6 Å². The zero-order valence-corrected chi connectivity index (χ0v) is 15.9. The Labute approximate surface area is 157 Å². The van der Waals surface area contributed by atoms with E-state index in [4.69, 9.17) is 16.3 Å². The van der Waals surface area contributed by atoms with E-state index in [1.165, 1.54) is 7.11 Å². The van der Waals surface area contributed by atoms with Crippen LogP contribution in [-0.4, -0.2) is 13.0 Å². The molecule has 9 heteroatoms. The third-order valence-electron chi connectivity index (χ3n) is 3.06. The van der Waals surface area contributed by atoms with Crippen LogP contribution in [0.25, 0.3) is 0 Å². The molecule has 0 heterocycles. The van der Waals surface area contributed by atoms with Crippen molar-refractivity contribution < 1.29 is 22.7 Å². The summed E-state index contributed by atoms with van der Waals surface area (Å²) in [6, 6.07) is 5.44. The topological polar surface area (TPSA) is 38.3 Å². The molecular weight excluding hydrogens is 478 g/mol. The predicted molar refractivity (Wildman–Crippen MR) is 92.8 cm³/mol. The SMILES string of the molecule is COc1cc(Br)c(Cl)c(Br)c1NC(=O)c1ccc(C(F)(F)F)cc1. The Balaban J connectivity index is 2.32. The third kappa shape index (κ3) is 4.04. The first-order valence-electron chi connectivity index (χ1n) is 6.35. The maximum Gasteiger partial charge on any atom is 0.416 e. The van der Waals surface area contributed by atoms with Gasteiger partial charge in [-0.3, -0.25) is 4.79 Å². The van der Waals surface area contributed by atoms with Crippen LogP contribution < -0.4 is 10.1 Å². The van der Waals surface area contributed by atoms with Crippen molar-refractivity contribution in [1.82, 2.24) is 0 Å². The van der Waals surface area contributed by atoms with Crippen LogP contribution >= 0.6 is 43.5 Å². The molecular formula is C15H9Br2ClF3NO2. The van der Waals surface area contributed by atoms with E-state index in [9.17, 15) is 18.0 Å². The molecule has 0 aliphatic rings. The Morgan fingerprint density at radius 3 is 2.29 bits per heavy atom. The maximum atomic E-state index is 12.6. The van der Waals surface area contributed by atoms with Crippen LogP contribution in [0.15, 0.2) is 39.3 Å². The Hall–Kier alpha value is -1.25. The lowest BCUT2D eigenvalue weighted by atomic mass is 10.1. The van der Waals surface area contributed by atoms with Crippen molar-refractivity contribution in [2.45, 2.75) is 6.18 Å². The third-order valence-corrected chi connectivity index (χ3v) is 5.33. The number of hydrogen-bond donors (Lipinski definition) is 1. The van der Waals surface area contributed by atoms with E-state index in [1.807, 2.05) is 0 Å². The summed E-state index contributed by atoms with van der Waals surface area (Å²) in [6.07, 6.45) is -4.46. The number of nitrogens with one attached hydrogen (secondary N) is 1. The molecule has 0 unspecified atom stereocenters. The fourth-order valence-corrected chi connectivity index (χ4v) is 3.18. The quantitative estimate of drug-likeness (QED) is 0.528. The molecule has 0 fully saturated rings. The van der Waals surface area contributed by atoms with Gasteiger partial charge in [-0.05, 0) is 62.2 Å². The number of carbonyl (C=O) groups is 1. The van der Waals surface area contributed by atoms with Crippen LogP contribution in [0.3, 0.4) is 0 Å². The Morgan fingerprint density at radius 1 is 1.21 bits per heavy atom. The average Bonchev–Trinajstić information content (AvgIpc) is 2.54. The summed E-state index contributed by atoms with van der Waals surface area (Å²) in [7, 11) is 1.41. The van der Waals surface area contributed by atoms with E-state index in [0.29, 0.717) is 19.7 Å². The molecule has 0 aliphatic carbocycles.